The second-order valence-electron chi connectivity index (χ2n) is 0.882. The molecular weight excluding hydrogens is 194 g/mol. The van der Waals surface area contributed by atoms with Gasteiger partial charge in [0.2, 0.25) is 0 Å². The van der Waals surface area contributed by atoms with E-state index in [1.165, 1.54) is 6.40 Å². The third kappa shape index (κ3) is 4.52. The number of halogens is 1. The Morgan fingerprint density at radius 2 is 2.43 bits per heavy atom. The average molecular weight is 199 g/mol. The molecule has 7 heavy (non-hydrogen) atoms. The van der Waals surface area contributed by atoms with Crippen molar-refractivity contribution in [1.82, 2.24) is 0 Å². The van der Waals surface area contributed by atoms with Crippen LogP contribution in [0.2, 0.25) is 0 Å². The third-order valence-corrected chi connectivity index (χ3v) is 0.487. The Hall–Kier alpha value is 0.664. The normalized spacial score (nSPS) is 14.3. The molecule has 39 valence electrons. The first-order chi connectivity index (χ1) is 3.50. The molecule has 4 heteroatoms. The molecule has 0 fully saturated rings. The summed E-state index contributed by atoms with van der Waals surface area (Å²) < 4.78 is 4.65. The molecule has 1 heterocycles. The molecule has 1 aliphatic heterocycles. The van der Waals surface area contributed by atoms with Crippen LogP contribution in [0.25, 0.3) is 0 Å². The number of aliphatic imine (C=N–C) groups is 1. The van der Waals surface area contributed by atoms with Crippen LogP contribution in [-0.2, 0) is 23.1 Å². The van der Waals surface area contributed by atoms with Gasteiger partial charge >= 0.3 is 31.5 Å². The van der Waals surface area contributed by atoms with E-state index in [9.17, 15) is 0 Å². The maximum atomic E-state index is 4.65. The molecule has 0 saturated carbocycles. The van der Waals surface area contributed by atoms with E-state index >= 15 is 0 Å². The predicted molar refractivity (Wildman–Crippen MR) is 28.2 cm³/mol. The van der Waals surface area contributed by atoms with Crippen LogP contribution in [-0.4, -0.2) is 19.6 Å². The molecule has 0 aromatic heterocycles. The van der Waals surface area contributed by atoms with E-state index in [-0.39, 0.29) is 0 Å². The Balaban J connectivity index is 0.000000162. The van der Waals surface area contributed by atoms with E-state index in [0.29, 0.717) is 0 Å². The fourth-order valence-electron chi connectivity index (χ4n) is 0.264. The SMILES string of the molecule is C1=NCCO1.[Ti][Br]. The zero-order chi connectivity index (χ0) is 5.54. The number of hydrogen-bond donors (Lipinski definition) is 0. The summed E-state index contributed by atoms with van der Waals surface area (Å²) in [6, 6.07) is 0. The summed E-state index contributed by atoms with van der Waals surface area (Å²) in [4.78, 5) is 3.74. The van der Waals surface area contributed by atoms with Gasteiger partial charge in [0.25, 0.3) is 0 Å². The van der Waals surface area contributed by atoms with Gasteiger partial charge in [0.1, 0.15) is 6.61 Å². The van der Waals surface area contributed by atoms with Gasteiger partial charge in [0.05, 0.1) is 6.54 Å². The van der Waals surface area contributed by atoms with Crippen molar-refractivity contribution >= 4 is 19.6 Å². The van der Waals surface area contributed by atoms with Crippen molar-refractivity contribution in [3.05, 3.63) is 0 Å². The topological polar surface area (TPSA) is 21.6 Å². The van der Waals surface area contributed by atoms with E-state index in [0.717, 1.165) is 13.2 Å². The standard InChI is InChI=1S/C3H5NO.BrH.Ti/c1-2-5-3-4-1;;/h3H,1-2H2;1H;/q;;+1/p-1. The summed E-state index contributed by atoms with van der Waals surface area (Å²) >= 11 is 4.75. The fraction of sp³-hybridized carbons (Fsp3) is 0.667. The van der Waals surface area contributed by atoms with Crippen LogP contribution in [0.15, 0.2) is 4.99 Å². The summed E-state index contributed by atoms with van der Waals surface area (Å²) in [6.45, 7) is 1.62. The Morgan fingerprint density at radius 3 is 2.57 bits per heavy atom. The minimum atomic E-state index is 0.778. The van der Waals surface area contributed by atoms with Crippen LogP contribution in [0.4, 0.5) is 0 Å². The van der Waals surface area contributed by atoms with Crippen molar-refractivity contribution in [2.24, 2.45) is 4.99 Å². The minimum absolute atomic E-state index is 0.778. The van der Waals surface area contributed by atoms with Crippen molar-refractivity contribution in [2.45, 2.75) is 0 Å². The molecule has 0 N–H and O–H groups in total. The van der Waals surface area contributed by atoms with E-state index in [1.54, 1.807) is 0 Å². The Morgan fingerprint density at radius 1 is 1.71 bits per heavy atom. The van der Waals surface area contributed by atoms with Crippen LogP contribution in [0.3, 0.4) is 0 Å². The van der Waals surface area contributed by atoms with Crippen molar-refractivity contribution < 1.29 is 23.1 Å². The van der Waals surface area contributed by atoms with Crippen molar-refractivity contribution in [1.29, 1.82) is 0 Å². The Labute approximate surface area is 60.8 Å². The number of ether oxygens (including phenoxy) is 1. The van der Waals surface area contributed by atoms with Crippen molar-refractivity contribution in [3.8, 4) is 0 Å². The van der Waals surface area contributed by atoms with Gasteiger partial charge in [-0.05, 0) is 0 Å². The molecule has 0 amide bonds. The molecule has 0 bridgehead atoms. The van der Waals surface area contributed by atoms with Gasteiger partial charge in [0.15, 0.2) is 6.40 Å². The first-order valence-electron chi connectivity index (χ1n) is 1.79. The van der Waals surface area contributed by atoms with Gasteiger partial charge in [-0.3, -0.25) is 4.99 Å². The van der Waals surface area contributed by atoms with Gasteiger partial charge in [0, 0.05) is 0 Å². The summed E-state index contributed by atoms with van der Waals surface area (Å²) in [5.74, 6) is 0. The molecule has 0 aromatic carbocycles. The Kier molecular flexibility index (Phi) is 7.30. The van der Waals surface area contributed by atoms with E-state index in [2.05, 4.69) is 22.9 Å². The van der Waals surface area contributed by atoms with E-state index in [1.807, 2.05) is 18.3 Å². The molecule has 1 rings (SSSR count). The van der Waals surface area contributed by atoms with Crippen LogP contribution >= 0.6 is 13.2 Å². The number of hydrogen-bond acceptors (Lipinski definition) is 2. The second kappa shape index (κ2) is 6.66. The monoisotopic (exact) mass is 198 g/mol. The first kappa shape index (κ1) is 7.66. The first-order valence-corrected chi connectivity index (χ1v) is 5.65. The van der Waals surface area contributed by atoms with Gasteiger partial charge in [-0.15, -0.1) is 0 Å². The predicted octanol–water partition coefficient (Wildman–Crippen LogP) is 0.888. The quantitative estimate of drug-likeness (QED) is 0.530. The molecular formula is C3H5BrNOTi. The molecule has 0 spiro atoms. The average Bonchev–Trinajstić information content (AvgIpc) is 2.23. The van der Waals surface area contributed by atoms with Crippen molar-refractivity contribution in [2.75, 3.05) is 13.2 Å². The maximum absolute atomic E-state index is 4.65. The third-order valence-electron chi connectivity index (χ3n) is 0.487. The molecule has 0 aliphatic carbocycles. The summed E-state index contributed by atoms with van der Waals surface area (Å²) in [6.07, 6.45) is 1.49. The molecule has 0 unspecified atom stereocenters. The summed E-state index contributed by atoms with van der Waals surface area (Å²) in [5.41, 5.74) is 0. The molecule has 0 aromatic rings. The van der Waals surface area contributed by atoms with E-state index < -0.39 is 0 Å². The molecule has 0 radical (unpaired) electrons. The van der Waals surface area contributed by atoms with Gasteiger partial charge in [-0.1, -0.05) is 0 Å². The number of rotatable bonds is 0. The number of nitrogens with zero attached hydrogens (tertiary/aromatic N) is 1. The molecule has 0 atom stereocenters. The zero-order valence-electron chi connectivity index (χ0n) is 3.72. The summed E-state index contributed by atoms with van der Waals surface area (Å²) in [7, 11) is 0. The molecule has 1 aliphatic rings. The zero-order valence-corrected chi connectivity index (χ0v) is 6.87. The second-order valence-corrected chi connectivity index (χ2v) is 0.882. The molecule has 2 nitrogen and oxygen atoms in total. The van der Waals surface area contributed by atoms with Gasteiger partial charge in [-0.2, -0.15) is 0 Å². The van der Waals surface area contributed by atoms with Crippen molar-refractivity contribution in [3.63, 3.8) is 0 Å². The van der Waals surface area contributed by atoms with Gasteiger partial charge in [-0.25, -0.2) is 0 Å². The molecule has 0 saturated heterocycles. The summed E-state index contributed by atoms with van der Waals surface area (Å²) in [5, 5.41) is 0. The Bertz CT molecular complexity index is 52.9. The van der Waals surface area contributed by atoms with Crippen LogP contribution < -0.4 is 0 Å². The fourth-order valence-corrected chi connectivity index (χ4v) is 0.264. The van der Waals surface area contributed by atoms with Crippen LogP contribution in [0.1, 0.15) is 0 Å². The van der Waals surface area contributed by atoms with E-state index in [4.69, 9.17) is 0 Å². The van der Waals surface area contributed by atoms with Gasteiger partial charge < -0.3 is 4.74 Å². The van der Waals surface area contributed by atoms with Crippen LogP contribution in [0.5, 0.6) is 0 Å². The van der Waals surface area contributed by atoms with Crippen LogP contribution in [0, 0.1) is 0 Å².